The van der Waals surface area contributed by atoms with Gasteiger partial charge in [0.05, 0.1) is 6.54 Å². The molecule has 1 unspecified atom stereocenters. The highest BCUT2D eigenvalue weighted by Crippen LogP contribution is 2.29. The SMILES string of the molecule is CCCCn1c(N)c(N(C(=O)CNC(C)c2cccnc2)C2CCCC2)c(=O)[nH]c1=O. The average molecular weight is 429 g/mol. The van der Waals surface area contributed by atoms with Crippen LogP contribution in [0.1, 0.15) is 64.0 Å². The minimum Gasteiger partial charge on any atom is -0.383 e. The number of carbonyl (C=O) groups excluding carboxylic acids is 1. The number of nitrogen functional groups attached to an aromatic ring is 1. The van der Waals surface area contributed by atoms with Gasteiger partial charge in [0.2, 0.25) is 5.91 Å². The standard InChI is InChI=1S/C22H32N6O3/c1-3-4-12-27-20(23)19(21(30)26-22(27)31)28(17-9-5-6-10-17)18(29)14-25-15(2)16-8-7-11-24-13-16/h7-8,11,13,15,17,25H,3-6,9-10,12,14,23H2,1-2H3,(H,26,30,31). The van der Waals surface area contributed by atoms with Crippen molar-refractivity contribution >= 4 is 17.4 Å². The predicted octanol–water partition coefficient (Wildman–Crippen LogP) is 1.94. The minimum atomic E-state index is -0.615. The van der Waals surface area contributed by atoms with Gasteiger partial charge >= 0.3 is 5.69 Å². The van der Waals surface area contributed by atoms with Crippen molar-refractivity contribution in [3.8, 4) is 0 Å². The molecule has 1 atom stereocenters. The molecule has 2 aromatic heterocycles. The molecule has 31 heavy (non-hydrogen) atoms. The van der Waals surface area contributed by atoms with Gasteiger partial charge in [-0.15, -0.1) is 0 Å². The van der Waals surface area contributed by atoms with Crippen LogP contribution in [0.4, 0.5) is 11.5 Å². The number of nitrogens with zero attached hydrogens (tertiary/aromatic N) is 3. The fourth-order valence-electron chi connectivity index (χ4n) is 4.10. The first kappa shape index (κ1) is 22.7. The van der Waals surface area contributed by atoms with E-state index in [9.17, 15) is 14.4 Å². The van der Waals surface area contributed by atoms with E-state index in [1.165, 1.54) is 9.47 Å². The summed E-state index contributed by atoms with van der Waals surface area (Å²) in [6, 6.07) is 3.59. The maximum atomic E-state index is 13.3. The predicted molar refractivity (Wildman–Crippen MR) is 121 cm³/mol. The summed E-state index contributed by atoms with van der Waals surface area (Å²) >= 11 is 0. The molecule has 9 nitrogen and oxygen atoms in total. The summed E-state index contributed by atoms with van der Waals surface area (Å²) in [7, 11) is 0. The third-order valence-electron chi connectivity index (χ3n) is 5.89. The molecule has 0 saturated heterocycles. The molecule has 9 heteroatoms. The third kappa shape index (κ3) is 5.22. The van der Waals surface area contributed by atoms with Gasteiger partial charge in [0, 0.05) is 31.0 Å². The number of amides is 1. The van der Waals surface area contributed by atoms with E-state index in [1.54, 1.807) is 12.4 Å². The largest absolute Gasteiger partial charge is 0.383 e. The molecule has 2 aromatic rings. The number of aromatic amines is 1. The molecule has 2 heterocycles. The number of carbonyl (C=O) groups is 1. The normalized spacial score (nSPS) is 15.2. The Morgan fingerprint density at radius 3 is 2.77 bits per heavy atom. The summed E-state index contributed by atoms with van der Waals surface area (Å²) in [5.41, 5.74) is 6.20. The van der Waals surface area contributed by atoms with Crippen molar-refractivity contribution in [1.82, 2.24) is 19.9 Å². The second-order valence-electron chi connectivity index (χ2n) is 8.09. The van der Waals surface area contributed by atoms with E-state index >= 15 is 0 Å². The third-order valence-corrected chi connectivity index (χ3v) is 5.89. The number of aromatic nitrogens is 3. The van der Waals surface area contributed by atoms with Crippen LogP contribution in [0.25, 0.3) is 0 Å². The van der Waals surface area contributed by atoms with Crippen LogP contribution >= 0.6 is 0 Å². The number of H-pyrrole nitrogens is 1. The first-order valence-corrected chi connectivity index (χ1v) is 11.0. The number of hydrogen-bond donors (Lipinski definition) is 3. The van der Waals surface area contributed by atoms with E-state index in [-0.39, 0.29) is 36.0 Å². The minimum absolute atomic E-state index is 0.0412. The van der Waals surface area contributed by atoms with E-state index in [1.807, 2.05) is 26.0 Å². The molecule has 3 rings (SSSR count). The van der Waals surface area contributed by atoms with Crippen molar-refractivity contribution in [2.24, 2.45) is 0 Å². The van der Waals surface area contributed by atoms with Crippen LogP contribution in [0.15, 0.2) is 34.1 Å². The van der Waals surface area contributed by atoms with E-state index in [4.69, 9.17) is 5.73 Å². The smallest absolute Gasteiger partial charge is 0.330 e. The quantitative estimate of drug-likeness (QED) is 0.560. The molecule has 1 amide bonds. The number of rotatable bonds is 9. The zero-order chi connectivity index (χ0) is 22.4. The van der Waals surface area contributed by atoms with Crippen molar-refractivity contribution in [3.63, 3.8) is 0 Å². The molecule has 1 aliphatic rings. The van der Waals surface area contributed by atoms with Crippen LogP contribution in [0.5, 0.6) is 0 Å². The average Bonchev–Trinajstić information content (AvgIpc) is 3.29. The van der Waals surface area contributed by atoms with E-state index < -0.39 is 11.2 Å². The lowest BCUT2D eigenvalue weighted by atomic mass is 10.1. The molecule has 0 radical (unpaired) electrons. The fourth-order valence-corrected chi connectivity index (χ4v) is 4.10. The van der Waals surface area contributed by atoms with Gasteiger partial charge in [0.15, 0.2) is 5.69 Å². The molecule has 1 saturated carbocycles. The fraction of sp³-hybridized carbons (Fsp3) is 0.545. The van der Waals surface area contributed by atoms with E-state index in [0.717, 1.165) is 44.1 Å². The van der Waals surface area contributed by atoms with Crippen LogP contribution in [-0.4, -0.2) is 33.0 Å². The monoisotopic (exact) mass is 428 g/mol. The molecule has 0 spiro atoms. The summed E-state index contributed by atoms with van der Waals surface area (Å²) in [5.74, 6) is -0.178. The Morgan fingerprint density at radius 1 is 1.39 bits per heavy atom. The van der Waals surface area contributed by atoms with Crippen molar-refractivity contribution in [1.29, 1.82) is 0 Å². The molecule has 0 bridgehead atoms. The van der Waals surface area contributed by atoms with Gasteiger partial charge in [-0.25, -0.2) is 4.79 Å². The summed E-state index contributed by atoms with van der Waals surface area (Å²) in [4.78, 5) is 46.4. The Morgan fingerprint density at radius 2 is 2.13 bits per heavy atom. The highest BCUT2D eigenvalue weighted by Gasteiger charge is 2.32. The number of pyridine rings is 1. The van der Waals surface area contributed by atoms with Gasteiger partial charge < -0.3 is 16.0 Å². The lowest BCUT2D eigenvalue weighted by Gasteiger charge is -2.30. The first-order valence-electron chi connectivity index (χ1n) is 11.0. The number of unbranched alkanes of at least 4 members (excludes halogenated alkanes) is 1. The molecular weight excluding hydrogens is 396 g/mol. The second kappa shape index (κ2) is 10.4. The summed E-state index contributed by atoms with van der Waals surface area (Å²) in [5, 5.41) is 3.22. The molecule has 168 valence electrons. The molecule has 4 N–H and O–H groups in total. The summed E-state index contributed by atoms with van der Waals surface area (Å²) < 4.78 is 1.36. The number of anilines is 2. The summed E-state index contributed by atoms with van der Waals surface area (Å²) in [6.45, 7) is 4.40. The maximum Gasteiger partial charge on any atom is 0.330 e. The maximum absolute atomic E-state index is 13.3. The lowest BCUT2D eigenvalue weighted by molar-refractivity contribution is -0.118. The molecule has 1 fully saturated rings. The van der Waals surface area contributed by atoms with Crippen LogP contribution in [0.2, 0.25) is 0 Å². The van der Waals surface area contributed by atoms with Crippen molar-refractivity contribution in [3.05, 3.63) is 50.9 Å². The zero-order valence-corrected chi connectivity index (χ0v) is 18.3. The van der Waals surface area contributed by atoms with Gasteiger partial charge in [-0.3, -0.25) is 24.1 Å². The Bertz CT molecular complexity index is 995. The molecule has 1 aliphatic carbocycles. The Kier molecular flexibility index (Phi) is 7.62. The van der Waals surface area contributed by atoms with Crippen LogP contribution in [-0.2, 0) is 11.3 Å². The van der Waals surface area contributed by atoms with Crippen molar-refractivity contribution in [2.45, 2.75) is 71.0 Å². The van der Waals surface area contributed by atoms with Gasteiger partial charge in [0.25, 0.3) is 5.56 Å². The second-order valence-corrected chi connectivity index (χ2v) is 8.09. The van der Waals surface area contributed by atoms with Gasteiger partial charge in [-0.05, 0) is 37.8 Å². The van der Waals surface area contributed by atoms with Crippen LogP contribution in [0, 0.1) is 0 Å². The Hall–Kier alpha value is -2.94. The van der Waals surface area contributed by atoms with Crippen molar-refractivity contribution in [2.75, 3.05) is 17.2 Å². The van der Waals surface area contributed by atoms with E-state index in [2.05, 4.69) is 15.3 Å². The lowest BCUT2D eigenvalue weighted by Crippen LogP contribution is -2.48. The number of nitrogens with one attached hydrogen (secondary N) is 2. The Labute approximate surface area is 181 Å². The number of hydrogen-bond acceptors (Lipinski definition) is 6. The van der Waals surface area contributed by atoms with Gasteiger partial charge in [0.1, 0.15) is 5.82 Å². The highest BCUT2D eigenvalue weighted by atomic mass is 16.2. The summed E-state index contributed by atoms with van der Waals surface area (Å²) in [6.07, 6.45) is 8.66. The molecule has 0 aliphatic heterocycles. The van der Waals surface area contributed by atoms with Crippen LogP contribution in [0.3, 0.4) is 0 Å². The van der Waals surface area contributed by atoms with Crippen LogP contribution < -0.4 is 27.2 Å². The van der Waals surface area contributed by atoms with E-state index in [0.29, 0.717) is 6.54 Å². The first-order chi connectivity index (χ1) is 14.9. The van der Waals surface area contributed by atoms with Gasteiger partial charge in [-0.2, -0.15) is 0 Å². The topological polar surface area (TPSA) is 126 Å². The van der Waals surface area contributed by atoms with Crippen molar-refractivity contribution < 1.29 is 4.79 Å². The number of nitrogens with two attached hydrogens (primary N) is 1. The zero-order valence-electron chi connectivity index (χ0n) is 18.3. The Balaban J connectivity index is 1.90. The highest BCUT2D eigenvalue weighted by molar-refractivity contribution is 5.97. The van der Waals surface area contributed by atoms with Gasteiger partial charge in [-0.1, -0.05) is 32.3 Å². The molecular formula is C22H32N6O3. The molecule has 0 aromatic carbocycles.